The van der Waals surface area contributed by atoms with E-state index in [1.807, 2.05) is 0 Å². The van der Waals surface area contributed by atoms with Gasteiger partial charge in [-0.25, -0.2) is 4.79 Å². The Morgan fingerprint density at radius 2 is 1.80 bits per heavy atom. The van der Waals surface area contributed by atoms with Crippen LogP contribution in [0.1, 0.15) is 5.56 Å². The lowest BCUT2D eigenvalue weighted by molar-refractivity contribution is 0.391. The lowest BCUT2D eigenvalue weighted by Gasteiger charge is -2.05. The Balaban J connectivity index is 3.09. The highest BCUT2D eigenvalue weighted by molar-refractivity contribution is 5.92. The van der Waals surface area contributed by atoms with Crippen LogP contribution >= 0.6 is 0 Å². The molecule has 5 heteroatoms. The first-order chi connectivity index (χ1) is 7.00. The van der Waals surface area contributed by atoms with Crippen molar-refractivity contribution in [1.82, 2.24) is 0 Å². The summed E-state index contributed by atoms with van der Waals surface area (Å²) in [5.74, 6) is -1.33. The minimum atomic E-state index is -0.652. The number of hydrogen-bond acceptors (Lipinski definition) is 5. The summed E-state index contributed by atoms with van der Waals surface area (Å²) in [6.45, 7) is 1.59. The molecule has 1 aromatic heterocycles. The third-order valence-electron chi connectivity index (χ3n) is 2.15. The van der Waals surface area contributed by atoms with Crippen molar-refractivity contribution in [3.63, 3.8) is 0 Å². The summed E-state index contributed by atoms with van der Waals surface area (Å²) in [6, 6.07) is 2.18. The van der Waals surface area contributed by atoms with E-state index >= 15 is 0 Å². The third kappa shape index (κ3) is 1.28. The first-order valence-corrected chi connectivity index (χ1v) is 4.19. The minimum Gasteiger partial charge on any atom is -0.507 e. The number of fused-ring (bicyclic) bond motifs is 1. The molecule has 0 spiro atoms. The number of rotatable bonds is 0. The monoisotopic (exact) mass is 208 g/mol. The molecule has 3 N–H and O–H groups in total. The fraction of sp³-hybridized carbons (Fsp3) is 0.100. The Kier molecular flexibility index (Phi) is 1.82. The first-order valence-electron chi connectivity index (χ1n) is 4.19. The molecule has 0 saturated heterocycles. The van der Waals surface area contributed by atoms with Gasteiger partial charge in [-0.1, -0.05) is 0 Å². The summed E-state index contributed by atoms with van der Waals surface area (Å²) in [6.07, 6.45) is 0. The van der Waals surface area contributed by atoms with Crippen LogP contribution in [0.5, 0.6) is 17.2 Å². The number of aromatic hydroxyl groups is 3. The first kappa shape index (κ1) is 9.39. The zero-order valence-corrected chi connectivity index (χ0v) is 7.81. The maximum Gasteiger partial charge on any atom is 0.336 e. The van der Waals surface area contributed by atoms with Crippen molar-refractivity contribution in [3.8, 4) is 17.2 Å². The van der Waals surface area contributed by atoms with Gasteiger partial charge in [0.1, 0.15) is 5.75 Å². The van der Waals surface area contributed by atoms with Gasteiger partial charge in [0, 0.05) is 12.1 Å². The molecular weight excluding hydrogens is 200 g/mol. The Labute approximate surface area is 83.8 Å². The molecule has 2 rings (SSSR count). The fourth-order valence-corrected chi connectivity index (χ4v) is 1.48. The summed E-state index contributed by atoms with van der Waals surface area (Å²) in [5, 5.41) is 28.4. The molecule has 0 bridgehead atoms. The van der Waals surface area contributed by atoms with Gasteiger partial charge in [0.05, 0.1) is 5.39 Å². The van der Waals surface area contributed by atoms with Crippen molar-refractivity contribution in [1.29, 1.82) is 0 Å². The van der Waals surface area contributed by atoms with E-state index in [4.69, 9.17) is 4.42 Å². The number of hydrogen-bond donors (Lipinski definition) is 3. The Bertz CT molecular complexity index is 597. The lowest BCUT2D eigenvalue weighted by Crippen LogP contribution is -1.98. The largest absolute Gasteiger partial charge is 0.507 e. The molecule has 78 valence electrons. The average Bonchev–Trinajstić information content (AvgIpc) is 2.12. The third-order valence-corrected chi connectivity index (χ3v) is 2.15. The molecule has 0 saturated carbocycles. The van der Waals surface area contributed by atoms with E-state index in [0.29, 0.717) is 5.56 Å². The van der Waals surface area contributed by atoms with Crippen LogP contribution in [0.4, 0.5) is 0 Å². The highest BCUT2D eigenvalue weighted by Gasteiger charge is 2.15. The molecule has 2 aromatic rings. The lowest BCUT2D eigenvalue weighted by atomic mass is 10.1. The summed E-state index contributed by atoms with van der Waals surface area (Å²) in [7, 11) is 0. The SMILES string of the molecule is Cc1cc(=O)oc2c(O)c(O)cc(O)c12. The zero-order chi connectivity index (χ0) is 11.2. The highest BCUT2D eigenvalue weighted by Crippen LogP contribution is 2.39. The molecule has 0 fully saturated rings. The van der Waals surface area contributed by atoms with E-state index in [1.165, 1.54) is 6.07 Å². The minimum absolute atomic E-state index is 0.211. The average molecular weight is 208 g/mol. The van der Waals surface area contributed by atoms with Crippen molar-refractivity contribution >= 4 is 11.0 Å². The molecule has 0 unspecified atom stereocenters. The topological polar surface area (TPSA) is 90.9 Å². The van der Waals surface area contributed by atoms with Gasteiger partial charge in [-0.3, -0.25) is 0 Å². The van der Waals surface area contributed by atoms with E-state index in [-0.39, 0.29) is 16.7 Å². The molecule has 0 aliphatic carbocycles. The zero-order valence-electron chi connectivity index (χ0n) is 7.81. The van der Waals surface area contributed by atoms with E-state index in [0.717, 1.165) is 6.07 Å². The van der Waals surface area contributed by atoms with Gasteiger partial charge in [-0.2, -0.15) is 0 Å². The molecule has 0 amide bonds. The van der Waals surface area contributed by atoms with Gasteiger partial charge in [-0.15, -0.1) is 0 Å². The standard InChI is InChI=1S/C10H8O5/c1-4-2-7(13)15-10-8(4)5(11)3-6(12)9(10)14/h2-3,11-12,14H,1H3. The second kappa shape index (κ2) is 2.91. The van der Waals surface area contributed by atoms with Gasteiger partial charge in [0.25, 0.3) is 0 Å². The van der Waals surface area contributed by atoms with Crippen LogP contribution in [0.2, 0.25) is 0 Å². The van der Waals surface area contributed by atoms with E-state index in [9.17, 15) is 20.1 Å². The van der Waals surface area contributed by atoms with Crippen molar-refractivity contribution in [2.75, 3.05) is 0 Å². The predicted octanol–water partition coefficient (Wildman–Crippen LogP) is 1.22. The van der Waals surface area contributed by atoms with Gasteiger partial charge >= 0.3 is 5.63 Å². The smallest absolute Gasteiger partial charge is 0.336 e. The Morgan fingerprint density at radius 1 is 1.13 bits per heavy atom. The van der Waals surface area contributed by atoms with Crippen LogP contribution in [-0.2, 0) is 0 Å². The molecule has 15 heavy (non-hydrogen) atoms. The van der Waals surface area contributed by atoms with E-state index < -0.39 is 17.1 Å². The van der Waals surface area contributed by atoms with Crippen molar-refractivity contribution < 1.29 is 19.7 Å². The van der Waals surface area contributed by atoms with Crippen LogP contribution < -0.4 is 5.63 Å². The highest BCUT2D eigenvalue weighted by atomic mass is 16.4. The van der Waals surface area contributed by atoms with Crippen LogP contribution in [0, 0.1) is 6.92 Å². The quantitative estimate of drug-likeness (QED) is 0.344. The van der Waals surface area contributed by atoms with E-state index in [2.05, 4.69) is 0 Å². The number of aryl methyl sites for hydroxylation is 1. The van der Waals surface area contributed by atoms with Gasteiger partial charge < -0.3 is 19.7 Å². The predicted molar refractivity (Wildman–Crippen MR) is 52.2 cm³/mol. The molecule has 1 heterocycles. The second-order valence-corrected chi connectivity index (χ2v) is 3.22. The van der Waals surface area contributed by atoms with Gasteiger partial charge in [-0.05, 0) is 12.5 Å². The molecule has 0 atom stereocenters. The van der Waals surface area contributed by atoms with Gasteiger partial charge in [0.2, 0.25) is 5.75 Å². The van der Waals surface area contributed by atoms with Crippen LogP contribution in [0.25, 0.3) is 11.0 Å². The normalized spacial score (nSPS) is 10.7. The Hall–Kier alpha value is -2.17. The molecule has 1 aromatic carbocycles. The van der Waals surface area contributed by atoms with Gasteiger partial charge in [0.15, 0.2) is 11.3 Å². The molecule has 5 nitrogen and oxygen atoms in total. The molecule has 0 aliphatic heterocycles. The fourth-order valence-electron chi connectivity index (χ4n) is 1.48. The molecule has 0 radical (unpaired) electrons. The molecule has 0 aliphatic rings. The second-order valence-electron chi connectivity index (χ2n) is 3.22. The summed E-state index contributed by atoms with van der Waals surface area (Å²) < 4.78 is 4.71. The Morgan fingerprint density at radius 3 is 2.47 bits per heavy atom. The maximum absolute atomic E-state index is 11.0. The summed E-state index contributed by atoms with van der Waals surface area (Å²) in [5.41, 5.74) is -0.396. The van der Waals surface area contributed by atoms with E-state index in [1.54, 1.807) is 6.92 Å². The van der Waals surface area contributed by atoms with Crippen molar-refractivity contribution in [2.24, 2.45) is 0 Å². The van der Waals surface area contributed by atoms with Crippen LogP contribution in [0.3, 0.4) is 0 Å². The van der Waals surface area contributed by atoms with Crippen LogP contribution in [0.15, 0.2) is 21.3 Å². The van der Waals surface area contributed by atoms with Crippen molar-refractivity contribution in [2.45, 2.75) is 6.92 Å². The number of phenols is 3. The van der Waals surface area contributed by atoms with Crippen LogP contribution in [-0.4, -0.2) is 15.3 Å². The molecular formula is C10H8O5. The van der Waals surface area contributed by atoms with Crippen molar-refractivity contribution in [3.05, 3.63) is 28.1 Å². The number of phenolic OH excluding ortho intramolecular Hbond substituents is 3. The number of benzene rings is 1. The summed E-state index contributed by atoms with van der Waals surface area (Å²) >= 11 is 0. The maximum atomic E-state index is 11.0. The summed E-state index contributed by atoms with van der Waals surface area (Å²) in [4.78, 5) is 11.0.